The van der Waals surface area contributed by atoms with Crippen LogP contribution in [0.1, 0.15) is 31.9 Å². The Labute approximate surface area is 183 Å². The number of hydrogen-bond donors (Lipinski definition) is 0. The Morgan fingerprint density at radius 2 is 1.76 bits per heavy atom. The Balaban J connectivity index is 1.76. The first-order chi connectivity index (χ1) is 13.7. The topological polar surface area (TPSA) is 32.8 Å². The van der Waals surface area contributed by atoms with Gasteiger partial charge in [0, 0.05) is 26.2 Å². The molecule has 0 aromatic heterocycles. The average molecular weight is 435 g/mol. The normalized spacial score (nSPS) is 18.0. The number of nitrogens with zero attached hydrogens (tertiary/aromatic N) is 2. The molecule has 0 bridgehead atoms. The Kier molecular flexibility index (Phi) is 7.10. The van der Waals surface area contributed by atoms with E-state index in [-0.39, 0.29) is 12.1 Å². The lowest BCUT2D eigenvalue weighted by Gasteiger charge is -2.42. The van der Waals surface area contributed by atoms with Crippen LogP contribution >= 0.6 is 23.2 Å². The molecule has 1 aliphatic rings. The summed E-state index contributed by atoms with van der Waals surface area (Å²) in [5.74, 6) is 0. The van der Waals surface area contributed by atoms with Gasteiger partial charge >= 0.3 is 6.09 Å². The van der Waals surface area contributed by atoms with Gasteiger partial charge in [0.2, 0.25) is 0 Å². The first kappa shape index (κ1) is 21.9. The highest BCUT2D eigenvalue weighted by Crippen LogP contribution is 2.25. The Morgan fingerprint density at radius 3 is 2.41 bits per heavy atom. The number of carbonyl (C=O) groups is 1. The molecule has 1 fully saturated rings. The Bertz CT molecular complexity index is 837. The molecular weight excluding hydrogens is 407 g/mol. The summed E-state index contributed by atoms with van der Waals surface area (Å²) in [7, 11) is 0. The van der Waals surface area contributed by atoms with Crippen molar-refractivity contribution in [2.45, 2.75) is 45.4 Å². The maximum Gasteiger partial charge on any atom is 0.410 e. The average Bonchev–Trinajstić information content (AvgIpc) is 2.64. The highest BCUT2D eigenvalue weighted by Gasteiger charge is 2.33. The molecule has 29 heavy (non-hydrogen) atoms. The van der Waals surface area contributed by atoms with Crippen molar-refractivity contribution in [1.82, 2.24) is 9.80 Å². The van der Waals surface area contributed by atoms with Crippen LogP contribution in [-0.4, -0.2) is 47.2 Å². The quantitative estimate of drug-likeness (QED) is 0.622. The Morgan fingerprint density at radius 1 is 1.03 bits per heavy atom. The predicted octanol–water partition coefficient (Wildman–Crippen LogP) is 5.66. The molecule has 1 atom stereocenters. The molecule has 156 valence electrons. The van der Waals surface area contributed by atoms with Crippen molar-refractivity contribution >= 4 is 29.3 Å². The molecule has 4 nitrogen and oxygen atoms in total. The second kappa shape index (κ2) is 9.38. The monoisotopic (exact) mass is 434 g/mol. The summed E-state index contributed by atoms with van der Waals surface area (Å²) in [5, 5.41) is 1.07. The molecule has 6 heteroatoms. The van der Waals surface area contributed by atoms with Crippen LogP contribution in [0.3, 0.4) is 0 Å². The molecule has 1 amide bonds. The zero-order chi connectivity index (χ0) is 21.0. The molecule has 0 spiro atoms. The van der Waals surface area contributed by atoms with Crippen LogP contribution in [0, 0.1) is 0 Å². The van der Waals surface area contributed by atoms with Crippen LogP contribution in [0.25, 0.3) is 0 Å². The fourth-order valence-corrected chi connectivity index (χ4v) is 3.90. The van der Waals surface area contributed by atoms with Crippen LogP contribution in [0.5, 0.6) is 0 Å². The summed E-state index contributed by atoms with van der Waals surface area (Å²) in [4.78, 5) is 17.1. The number of rotatable bonds is 4. The molecule has 0 radical (unpaired) electrons. The van der Waals surface area contributed by atoms with Crippen molar-refractivity contribution in [3.63, 3.8) is 0 Å². The van der Waals surface area contributed by atoms with Gasteiger partial charge in [-0.25, -0.2) is 4.79 Å². The number of ether oxygens (including phenoxy) is 1. The largest absolute Gasteiger partial charge is 0.444 e. The van der Waals surface area contributed by atoms with Crippen LogP contribution in [0.2, 0.25) is 10.0 Å². The minimum Gasteiger partial charge on any atom is -0.444 e. The number of benzene rings is 2. The van der Waals surface area contributed by atoms with E-state index in [9.17, 15) is 4.79 Å². The maximum atomic E-state index is 12.8. The molecule has 1 saturated heterocycles. The summed E-state index contributed by atoms with van der Waals surface area (Å²) in [5.41, 5.74) is 1.80. The van der Waals surface area contributed by atoms with Crippen molar-refractivity contribution < 1.29 is 9.53 Å². The van der Waals surface area contributed by atoms with Crippen molar-refractivity contribution in [2.24, 2.45) is 0 Å². The molecule has 2 aromatic rings. The Hall–Kier alpha value is -1.75. The van der Waals surface area contributed by atoms with Gasteiger partial charge in [0.1, 0.15) is 5.60 Å². The first-order valence-corrected chi connectivity index (χ1v) is 10.7. The van der Waals surface area contributed by atoms with Gasteiger partial charge < -0.3 is 9.64 Å². The number of piperazine rings is 1. The predicted molar refractivity (Wildman–Crippen MR) is 119 cm³/mol. The van der Waals surface area contributed by atoms with Gasteiger partial charge in [0.05, 0.1) is 16.1 Å². The highest BCUT2D eigenvalue weighted by atomic mass is 35.5. The van der Waals surface area contributed by atoms with E-state index in [1.807, 2.05) is 49.9 Å². The van der Waals surface area contributed by atoms with E-state index < -0.39 is 5.60 Å². The number of carbonyl (C=O) groups excluding carboxylic acids is 1. The molecule has 0 saturated carbocycles. The smallest absolute Gasteiger partial charge is 0.410 e. The minimum absolute atomic E-state index is 0.000413. The van der Waals surface area contributed by atoms with Crippen molar-refractivity contribution in [3.8, 4) is 0 Å². The van der Waals surface area contributed by atoms with E-state index in [0.717, 1.165) is 25.2 Å². The molecule has 0 aliphatic carbocycles. The van der Waals surface area contributed by atoms with E-state index >= 15 is 0 Å². The van der Waals surface area contributed by atoms with E-state index in [1.54, 1.807) is 0 Å². The zero-order valence-corrected chi connectivity index (χ0v) is 18.7. The highest BCUT2D eigenvalue weighted by molar-refractivity contribution is 6.42. The molecule has 3 rings (SSSR count). The standard InChI is InChI=1S/C23H28Cl2N2O2/c1-23(2,3)29-22(28)27-12-11-26(15-17-7-5-4-6-8-17)16-19(27)13-18-9-10-20(24)21(25)14-18/h4-10,14,19H,11-13,15-16H2,1-3H3. The fourth-order valence-electron chi connectivity index (χ4n) is 3.58. The van der Waals surface area contributed by atoms with Gasteiger partial charge in [-0.2, -0.15) is 0 Å². The molecular formula is C23H28Cl2N2O2. The summed E-state index contributed by atoms with van der Waals surface area (Å²) in [6.07, 6.45) is 0.434. The van der Waals surface area contributed by atoms with Crippen molar-refractivity contribution in [3.05, 3.63) is 69.7 Å². The van der Waals surface area contributed by atoms with Crippen LogP contribution in [0.4, 0.5) is 4.79 Å². The molecule has 0 N–H and O–H groups in total. The van der Waals surface area contributed by atoms with Gasteiger partial charge in [-0.05, 0) is 50.5 Å². The van der Waals surface area contributed by atoms with Gasteiger partial charge in [0.25, 0.3) is 0 Å². The molecule has 1 unspecified atom stereocenters. The lowest BCUT2D eigenvalue weighted by atomic mass is 10.0. The molecule has 1 heterocycles. The van der Waals surface area contributed by atoms with Crippen LogP contribution < -0.4 is 0 Å². The first-order valence-electron chi connectivity index (χ1n) is 9.91. The number of halogens is 2. The van der Waals surface area contributed by atoms with Gasteiger partial charge in [-0.3, -0.25) is 4.90 Å². The second-order valence-corrected chi connectivity index (χ2v) is 9.32. The third-order valence-electron chi connectivity index (χ3n) is 4.90. The molecule has 1 aliphatic heterocycles. The van der Waals surface area contributed by atoms with Crippen LogP contribution in [-0.2, 0) is 17.7 Å². The van der Waals surface area contributed by atoms with E-state index in [1.165, 1.54) is 5.56 Å². The van der Waals surface area contributed by atoms with Crippen LogP contribution in [0.15, 0.2) is 48.5 Å². The van der Waals surface area contributed by atoms with E-state index in [0.29, 0.717) is 23.0 Å². The minimum atomic E-state index is -0.521. The maximum absolute atomic E-state index is 12.8. The SMILES string of the molecule is CC(C)(C)OC(=O)N1CCN(Cc2ccccc2)CC1Cc1ccc(Cl)c(Cl)c1. The van der Waals surface area contributed by atoms with E-state index in [2.05, 4.69) is 29.2 Å². The number of amides is 1. The van der Waals surface area contributed by atoms with Crippen molar-refractivity contribution in [2.75, 3.05) is 19.6 Å². The van der Waals surface area contributed by atoms with Gasteiger partial charge in [-0.15, -0.1) is 0 Å². The summed E-state index contributed by atoms with van der Waals surface area (Å²) < 4.78 is 5.66. The third-order valence-corrected chi connectivity index (χ3v) is 5.64. The van der Waals surface area contributed by atoms with E-state index in [4.69, 9.17) is 27.9 Å². The third kappa shape index (κ3) is 6.36. The zero-order valence-electron chi connectivity index (χ0n) is 17.2. The summed E-state index contributed by atoms with van der Waals surface area (Å²) >= 11 is 12.3. The van der Waals surface area contributed by atoms with Gasteiger partial charge in [0.15, 0.2) is 0 Å². The summed E-state index contributed by atoms with van der Waals surface area (Å²) in [6.45, 7) is 8.76. The van der Waals surface area contributed by atoms with Crippen molar-refractivity contribution in [1.29, 1.82) is 0 Å². The number of hydrogen-bond acceptors (Lipinski definition) is 3. The lowest BCUT2D eigenvalue weighted by molar-refractivity contribution is -0.00232. The molecule has 2 aromatic carbocycles. The second-order valence-electron chi connectivity index (χ2n) is 8.50. The lowest BCUT2D eigenvalue weighted by Crippen LogP contribution is -2.56. The summed E-state index contributed by atoms with van der Waals surface area (Å²) in [6, 6.07) is 16.1. The van der Waals surface area contributed by atoms with Gasteiger partial charge in [-0.1, -0.05) is 59.6 Å². The fraction of sp³-hybridized carbons (Fsp3) is 0.435.